The molecule has 1 fully saturated rings. The fourth-order valence-electron chi connectivity index (χ4n) is 2.06. The molecule has 1 heterocycles. The van der Waals surface area contributed by atoms with Crippen molar-refractivity contribution in [3.05, 3.63) is 70.6 Å². The third-order valence-corrected chi connectivity index (χ3v) is 4.03. The molecule has 1 aliphatic rings. The van der Waals surface area contributed by atoms with Gasteiger partial charge < -0.3 is 10.4 Å². The van der Waals surface area contributed by atoms with Crippen molar-refractivity contribution in [1.29, 1.82) is 0 Å². The number of amides is 1. The van der Waals surface area contributed by atoms with Crippen molar-refractivity contribution in [3.63, 3.8) is 0 Å². The van der Waals surface area contributed by atoms with Crippen molar-refractivity contribution in [1.82, 2.24) is 5.32 Å². The lowest BCUT2D eigenvalue weighted by molar-refractivity contribution is -0.115. The molecular weight excluding hydrogens is 312 g/mol. The third-order valence-electron chi connectivity index (χ3n) is 3.12. The minimum atomic E-state index is -1.03. The molecule has 1 amide bonds. The Balaban J connectivity index is 1.89. The molecule has 0 bridgehead atoms. The third kappa shape index (κ3) is 3.49. The number of nitrogens with zero attached hydrogens (tertiary/aromatic N) is 1. The topological polar surface area (TPSA) is 78.8 Å². The van der Waals surface area contributed by atoms with Crippen LogP contribution in [0, 0.1) is 0 Å². The Morgan fingerprint density at radius 1 is 1.09 bits per heavy atom. The van der Waals surface area contributed by atoms with E-state index in [0.717, 1.165) is 5.69 Å². The van der Waals surface area contributed by atoms with E-state index in [1.165, 1.54) is 17.8 Å². The van der Waals surface area contributed by atoms with Gasteiger partial charge in [0.05, 0.1) is 16.2 Å². The van der Waals surface area contributed by atoms with Crippen LogP contribution in [-0.4, -0.2) is 22.2 Å². The number of benzene rings is 2. The number of carboxylic acids is 1. The number of carbonyl (C=O) groups is 2. The summed E-state index contributed by atoms with van der Waals surface area (Å²) in [6, 6.07) is 15.8. The maximum Gasteiger partial charge on any atom is 0.336 e. The molecule has 1 aliphatic heterocycles. The summed E-state index contributed by atoms with van der Waals surface area (Å²) in [6.45, 7) is 0. The second-order valence-corrected chi connectivity index (χ2v) is 5.74. The Bertz CT molecular complexity index is 829. The lowest BCUT2D eigenvalue weighted by Crippen LogP contribution is -2.19. The van der Waals surface area contributed by atoms with Crippen molar-refractivity contribution in [2.45, 2.75) is 0 Å². The molecule has 0 saturated carbocycles. The number of carboxylic acid groups (broad SMARTS) is 1. The predicted molar refractivity (Wildman–Crippen MR) is 90.6 cm³/mol. The van der Waals surface area contributed by atoms with Gasteiger partial charge in [0.2, 0.25) is 0 Å². The number of para-hydroxylation sites is 1. The highest BCUT2D eigenvalue weighted by Crippen LogP contribution is 2.28. The minimum Gasteiger partial charge on any atom is -0.478 e. The highest BCUT2D eigenvalue weighted by Gasteiger charge is 2.24. The van der Waals surface area contributed by atoms with E-state index in [1.807, 2.05) is 30.3 Å². The van der Waals surface area contributed by atoms with Gasteiger partial charge in [0.25, 0.3) is 5.91 Å². The van der Waals surface area contributed by atoms with Crippen molar-refractivity contribution >= 4 is 40.6 Å². The molecule has 2 aromatic carbocycles. The smallest absolute Gasteiger partial charge is 0.336 e. The van der Waals surface area contributed by atoms with E-state index in [0.29, 0.717) is 15.6 Å². The number of aromatic carboxylic acids is 1. The molecule has 6 heteroatoms. The van der Waals surface area contributed by atoms with Crippen LogP contribution in [0.4, 0.5) is 5.69 Å². The summed E-state index contributed by atoms with van der Waals surface area (Å²) in [7, 11) is 0. The zero-order valence-electron chi connectivity index (χ0n) is 11.9. The lowest BCUT2D eigenvalue weighted by Gasteiger charge is -2.00. The van der Waals surface area contributed by atoms with Crippen molar-refractivity contribution < 1.29 is 14.7 Å². The Kier molecular flexibility index (Phi) is 4.25. The molecule has 0 spiro atoms. The Labute approximate surface area is 136 Å². The fourth-order valence-corrected chi connectivity index (χ4v) is 2.89. The average Bonchev–Trinajstić information content (AvgIpc) is 2.88. The molecule has 3 rings (SSSR count). The van der Waals surface area contributed by atoms with Gasteiger partial charge in [-0.15, -0.1) is 0 Å². The number of hydrogen-bond acceptors (Lipinski definition) is 4. The van der Waals surface area contributed by atoms with Gasteiger partial charge in [-0.3, -0.25) is 4.79 Å². The van der Waals surface area contributed by atoms with Crippen LogP contribution in [0.2, 0.25) is 0 Å². The van der Waals surface area contributed by atoms with E-state index in [9.17, 15) is 14.7 Å². The normalized spacial score (nSPS) is 17.5. The molecule has 0 aromatic heterocycles. The van der Waals surface area contributed by atoms with Gasteiger partial charge in [0.15, 0.2) is 5.17 Å². The number of nitrogens with one attached hydrogen (secondary N) is 1. The summed E-state index contributed by atoms with van der Waals surface area (Å²) >= 11 is 1.19. The second kappa shape index (κ2) is 6.50. The van der Waals surface area contributed by atoms with Crippen LogP contribution < -0.4 is 5.32 Å². The van der Waals surface area contributed by atoms with Crippen LogP contribution in [0.5, 0.6) is 0 Å². The van der Waals surface area contributed by atoms with Crippen LogP contribution in [-0.2, 0) is 4.79 Å². The number of hydrogen-bond donors (Lipinski definition) is 2. The van der Waals surface area contributed by atoms with E-state index >= 15 is 0 Å². The van der Waals surface area contributed by atoms with Crippen molar-refractivity contribution in [2.75, 3.05) is 0 Å². The van der Waals surface area contributed by atoms with Gasteiger partial charge in [-0.05, 0) is 41.6 Å². The summed E-state index contributed by atoms with van der Waals surface area (Å²) in [5, 5.41) is 12.3. The number of thioether (sulfide) groups is 1. The Morgan fingerprint density at radius 2 is 1.78 bits per heavy atom. The van der Waals surface area contributed by atoms with E-state index in [1.54, 1.807) is 24.3 Å². The molecule has 114 valence electrons. The summed E-state index contributed by atoms with van der Waals surface area (Å²) in [4.78, 5) is 28.0. The summed E-state index contributed by atoms with van der Waals surface area (Å²) < 4.78 is 0. The molecule has 0 unspecified atom stereocenters. The highest BCUT2D eigenvalue weighted by molar-refractivity contribution is 8.18. The van der Waals surface area contributed by atoms with Crippen LogP contribution in [0.3, 0.4) is 0 Å². The van der Waals surface area contributed by atoms with Gasteiger partial charge in [-0.1, -0.05) is 36.4 Å². The number of aliphatic imine (C=N–C) groups is 1. The summed E-state index contributed by atoms with van der Waals surface area (Å²) in [5.74, 6) is -1.32. The van der Waals surface area contributed by atoms with E-state index in [4.69, 9.17) is 0 Å². The number of rotatable bonds is 3. The van der Waals surface area contributed by atoms with Crippen LogP contribution in [0.25, 0.3) is 6.08 Å². The first-order valence-corrected chi connectivity index (χ1v) is 7.62. The summed E-state index contributed by atoms with van der Waals surface area (Å²) in [5.41, 5.74) is 1.38. The monoisotopic (exact) mass is 324 g/mol. The number of carbonyl (C=O) groups excluding carboxylic acids is 1. The van der Waals surface area contributed by atoms with Gasteiger partial charge in [0, 0.05) is 0 Å². The maximum absolute atomic E-state index is 12.0. The second-order valence-electron chi connectivity index (χ2n) is 4.71. The van der Waals surface area contributed by atoms with E-state index in [2.05, 4.69) is 10.3 Å². The molecule has 0 atom stereocenters. The molecule has 23 heavy (non-hydrogen) atoms. The quantitative estimate of drug-likeness (QED) is 0.849. The molecule has 0 radical (unpaired) electrons. The van der Waals surface area contributed by atoms with Gasteiger partial charge in [0.1, 0.15) is 0 Å². The minimum absolute atomic E-state index is 0.154. The first-order chi connectivity index (χ1) is 11.1. The van der Waals surface area contributed by atoms with Gasteiger partial charge >= 0.3 is 5.97 Å². The largest absolute Gasteiger partial charge is 0.478 e. The lowest BCUT2D eigenvalue weighted by atomic mass is 10.1. The van der Waals surface area contributed by atoms with E-state index in [-0.39, 0.29) is 11.5 Å². The highest BCUT2D eigenvalue weighted by atomic mass is 32.2. The van der Waals surface area contributed by atoms with Crippen LogP contribution in [0.15, 0.2) is 64.5 Å². The van der Waals surface area contributed by atoms with Crippen LogP contribution in [0.1, 0.15) is 15.9 Å². The zero-order valence-corrected chi connectivity index (χ0v) is 12.7. The predicted octanol–water partition coefficient (Wildman–Crippen LogP) is 3.28. The van der Waals surface area contributed by atoms with E-state index < -0.39 is 5.97 Å². The van der Waals surface area contributed by atoms with Gasteiger partial charge in [-0.25, -0.2) is 9.79 Å². The van der Waals surface area contributed by atoms with Crippen molar-refractivity contribution in [2.24, 2.45) is 4.99 Å². The average molecular weight is 324 g/mol. The fraction of sp³-hybridized carbons (Fsp3) is 0. The summed E-state index contributed by atoms with van der Waals surface area (Å²) in [6.07, 6.45) is 1.57. The number of amidine groups is 1. The molecule has 0 aliphatic carbocycles. The molecule has 1 saturated heterocycles. The standard InChI is InChI=1S/C17H12N2O3S/c20-15-14(10-11-6-4-5-9-13(11)16(21)22)23-17(19-15)18-12-7-2-1-3-8-12/h1-10H,(H,21,22)(H,18,19,20). The molecule has 2 N–H and O–H groups in total. The Hall–Kier alpha value is -2.86. The maximum atomic E-state index is 12.0. The van der Waals surface area contributed by atoms with Crippen molar-refractivity contribution in [3.8, 4) is 0 Å². The SMILES string of the molecule is O=C1NC(=Nc2ccccc2)SC1=Cc1ccccc1C(=O)O. The first kappa shape index (κ1) is 15.1. The molecule has 2 aromatic rings. The molecular formula is C17H12N2O3S. The zero-order chi connectivity index (χ0) is 16.2. The van der Waals surface area contributed by atoms with Gasteiger partial charge in [-0.2, -0.15) is 0 Å². The Morgan fingerprint density at radius 3 is 2.52 bits per heavy atom. The van der Waals surface area contributed by atoms with Crippen LogP contribution >= 0.6 is 11.8 Å². The first-order valence-electron chi connectivity index (χ1n) is 6.80. The molecule has 5 nitrogen and oxygen atoms in total.